The molecule has 24 heavy (non-hydrogen) atoms. The molecule has 0 bridgehead atoms. The number of likely N-dealkylation sites (tertiary alicyclic amines) is 1. The van der Waals surface area contributed by atoms with Gasteiger partial charge in [-0.3, -0.25) is 4.79 Å². The number of carboxylic acid groups (broad SMARTS) is 1. The number of aromatic nitrogens is 1. The van der Waals surface area contributed by atoms with Crippen LogP contribution in [-0.2, 0) is 14.3 Å². The van der Waals surface area contributed by atoms with Crippen LogP contribution in [0.2, 0.25) is 0 Å². The predicted molar refractivity (Wildman–Crippen MR) is 79.2 cm³/mol. The van der Waals surface area contributed by atoms with E-state index >= 15 is 0 Å². The van der Waals surface area contributed by atoms with Crippen LogP contribution in [-0.4, -0.2) is 51.4 Å². The average Bonchev–Trinajstić information content (AvgIpc) is 2.89. The molecule has 1 saturated heterocycles. The van der Waals surface area contributed by atoms with Crippen molar-refractivity contribution < 1.29 is 34.2 Å². The molecule has 3 heterocycles. The second kappa shape index (κ2) is 6.21. The van der Waals surface area contributed by atoms with Gasteiger partial charge in [0.15, 0.2) is 18.5 Å². The van der Waals surface area contributed by atoms with Crippen LogP contribution in [0, 0.1) is 0 Å². The first-order valence-electron chi connectivity index (χ1n) is 7.62. The normalized spacial score (nSPS) is 30.0. The van der Waals surface area contributed by atoms with Crippen LogP contribution in [0.15, 0.2) is 36.4 Å². The lowest BCUT2D eigenvalue weighted by Crippen LogP contribution is -2.53. The molecule has 0 spiro atoms. The van der Waals surface area contributed by atoms with Gasteiger partial charge in [-0.2, -0.15) is 4.57 Å². The molecule has 3 unspecified atom stereocenters. The van der Waals surface area contributed by atoms with E-state index in [2.05, 4.69) is 0 Å². The average molecular weight is 335 g/mol. The van der Waals surface area contributed by atoms with Crippen molar-refractivity contribution in [1.29, 1.82) is 0 Å². The Kier molecular flexibility index (Phi) is 4.25. The van der Waals surface area contributed by atoms with Crippen LogP contribution in [0.5, 0.6) is 0 Å². The van der Waals surface area contributed by atoms with E-state index in [4.69, 9.17) is 9.84 Å². The molecule has 0 saturated carbocycles. The third kappa shape index (κ3) is 2.85. The van der Waals surface area contributed by atoms with Crippen LogP contribution in [0.25, 0.3) is 0 Å². The Bertz CT molecular complexity index is 704. The lowest BCUT2D eigenvalue weighted by Gasteiger charge is -2.27. The van der Waals surface area contributed by atoms with Gasteiger partial charge in [-0.1, -0.05) is 0 Å². The lowest BCUT2D eigenvalue weighted by molar-refractivity contribution is -0.769. The number of aliphatic hydroxyl groups excluding tert-OH is 2. The van der Waals surface area contributed by atoms with E-state index in [0.29, 0.717) is 12.8 Å². The van der Waals surface area contributed by atoms with Gasteiger partial charge >= 0.3 is 12.2 Å². The highest BCUT2D eigenvalue weighted by Crippen LogP contribution is 2.31. The van der Waals surface area contributed by atoms with E-state index in [1.54, 1.807) is 30.4 Å². The first-order valence-corrected chi connectivity index (χ1v) is 7.62. The third-order valence-electron chi connectivity index (χ3n) is 4.44. The zero-order valence-corrected chi connectivity index (χ0v) is 13.1. The lowest BCUT2D eigenvalue weighted by atomic mass is 10.1. The molecule has 0 aliphatic carbocycles. The number of aliphatic hydroxyl groups is 2. The van der Waals surface area contributed by atoms with E-state index in [1.165, 1.54) is 4.57 Å². The number of hydrogen-bond donors (Lipinski definition) is 3. The SMILES string of the molecule is CN1C(=O)CC[C@H]1c1ccc[n+](C2OC(C(=O)O)=CC(O)C2O)c1. The van der Waals surface area contributed by atoms with Crippen LogP contribution in [0.1, 0.15) is 30.7 Å². The topological polar surface area (TPSA) is 111 Å². The van der Waals surface area contributed by atoms with E-state index in [9.17, 15) is 19.8 Å². The van der Waals surface area contributed by atoms with Crippen LogP contribution in [0.4, 0.5) is 0 Å². The van der Waals surface area contributed by atoms with E-state index in [0.717, 1.165) is 11.6 Å². The number of ether oxygens (including phenoxy) is 1. The summed E-state index contributed by atoms with van der Waals surface area (Å²) in [5, 5.41) is 29.1. The van der Waals surface area contributed by atoms with Crippen molar-refractivity contribution in [3.8, 4) is 0 Å². The van der Waals surface area contributed by atoms with E-state index in [1.807, 2.05) is 6.07 Å². The number of amides is 1. The summed E-state index contributed by atoms with van der Waals surface area (Å²) in [6.45, 7) is 0. The fraction of sp³-hybridized carbons (Fsp3) is 0.438. The Morgan fingerprint density at radius 1 is 1.42 bits per heavy atom. The fourth-order valence-corrected chi connectivity index (χ4v) is 3.08. The maximum Gasteiger partial charge on any atom is 0.371 e. The summed E-state index contributed by atoms with van der Waals surface area (Å²) in [6, 6.07) is 3.51. The second-order valence-electron chi connectivity index (χ2n) is 5.97. The number of pyridine rings is 1. The number of hydrogen-bond acceptors (Lipinski definition) is 5. The third-order valence-corrected chi connectivity index (χ3v) is 4.44. The summed E-state index contributed by atoms with van der Waals surface area (Å²) in [4.78, 5) is 24.5. The molecule has 1 amide bonds. The molecule has 8 heteroatoms. The fourth-order valence-electron chi connectivity index (χ4n) is 3.08. The highest BCUT2D eigenvalue weighted by atomic mass is 16.5. The first-order chi connectivity index (χ1) is 11.4. The second-order valence-corrected chi connectivity index (χ2v) is 5.97. The molecule has 0 aromatic carbocycles. The van der Waals surface area contributed by atoms with Gasteiger partial charge in [-0.15, -0.1) is 0 Å². The Labute approximate surface area is 138 Å². The maximum absolute atomic E-state index is 11.7. The van der Waals surface area contributed by atoms with Gasteiger partial charge in [0.1, 0.15) is 6.10 Å². The van der Waals surface area contributed by atoms with Crippen LogP contribution in [0.3, 0.4) is 0 Å². The number of carbonyl (C=O) groups excluding carboxylic acids is 1. The summed E-state index contributed by atoms with van der Waals surface area (Å²) in [5.74, 6) is -1.66. The molecule has 1 fully saturated rings. The molecule has 0 radical (unpaired) electrons. The van der Waals surface area contributed by atoms with Crippen molar-refractivity contribution in [3.05, 3.63) is 41.9 Å². The molecule has 3 rings (SSSR count). The quantitative estimate of drug-likeness (QED) is 0.642. The number of nitrogens with zero attached hydrogens (tertiary/aromatic N) is 2. The Hall–Kier alpha value is -2.45. The van der Waals surface area contributed by atoms with Gasteiger partial charge in [0.05, 0.1) is 6.04 Å². The molecule has 1 aromatic heterocycles. The highest BCUT2D eigenvalue weighted by molar-refractivity contribution is 5.84. The van der Waals surface area contributed by atoms with Crippen molar-refractivity contribution in [3.63, 3.8) is 0 Å². The van der Waals surface area contributed by atoms with Crippen LogP contribution >= 0.6 is 0 Å². The summed E-state index contributed by atoms with van der Waals surface area (Å²) >= 11 is 0. The van der Waals surface area contributed by atoms with Crippen molar-refractivity contribution in [2.45, 2.75) is 37.3 Å². The minimum absolute atomic E-state index is 0.0656. The molecular formula is C16H19N2O6+. The summed E-state index contributed by atoms with van der Waals surface area (Å²) in [5.41, 5.74) is 0.850. The zero-order chi connectivity index (χ0) is 17.4. The zero-order valence-electron chi connectivity index (χ0n) is 13.1. The molecule has 1 aromatic rings. The minimum atomic E-state index is -1.35. The number of aliphatic carboxylic acids is 1. The van der Waals surface area contributed by atoms with Gasteiger partial charge in [0.2, 0.25) is 11.7 Å². The number of carbonyl (C=O) groups is 2. The Morgan fingerprint density at radius 2 is 2.17 bits per heavy atom. The monoisotopic (exact) mass is 335 g/mol. The number of carboxylic acids is 1. The van der Waals surface area contributed by atoms with Crippen LogP contribution < -0.4 is 4.57 Å². The highest BCUT2D eigenvalue weighted by Gasteiger charge is 2.41. The van der Waals surface area contributed by atoms with Gasteiger partial charge in [-0.05, 0) is 18.6 Å². The standard InChI is InChI=1S/C16H18N2O6/c1-17-10(4-5-13(17)20)9-3-2-6-18(8-9)15-14(21)11(19)7-12(24-15)16(22)23/h2-3,6-8,10-11,14-15,19,21H,4-5H2,1H3/p+1/t10-,11?,14?,15?/m0/s1. The van der Waals surface area contributed by atoms with Gasteiger partial charge in [-0.25, -0.2) is 4.79 Å². The van der Waals surface area contributed by atoms with Crippen molar-refractivity contribution >= 4 is 11.9 Å². The smallest absolute Gasteiger partial charge is 0.371 e. The first kappa shape index (κ1) is 16.4. The van der Waals surface area contributed by atoms with Gasteiger partial charge in [0.25, 0.3) is 0 Å². The largest absolute Gasteiger partial charge is 0.475 e. The van der Waals surface area contributed by atoms with E-state index < -0.39 is 30.2 Å². The molecule has 2 aliphatic heterocycles. The number of rotatable bonds is 3. The predicted octanol–water partition coefficient (Wildman–Crippen LogP) is -0.514. The summed E-state index contributed by atoms with van der Waals surface area (Å²) < 4.78 is 6.83. The maximum atomic E-state index is 11.7. The molecule has 128 valence electrons. The molecule has 3 N–H and O–H groups in total. The van der Waals surface area contributed by atoms with Gasteiger partial charge < -0.3 is 25.0 Å². The molecular weight excluding hydrogens is 316 g/mol. The van der Waals surface area contributed by atoms with Crippen molar-refractivity contribution in [1.82, 2.24) is 4.90 Å². The Morgan fingerprint density at radius 3 is 2.79 bits per heavy atom. The molecule has 2 aliphatic rings. The van der Waals surface area contributed by atoms with Crippen molar-refractivity contribution in [2.75, 3.05) is 7.05 Å². The summed E-state index contributed by atoms with van der Waals surface area (Å²) in [7, 11) is 1.73. The van der Waals surface area contributed by atoms with Gasteiger partial charge in [0, 0.05) is 25.1 Å². The van der Waals surface area contributed by atoms with E-state index in [-0.39, 0.29) is 11.9 Å². The Balaban J connectivity index is 1.90. The van der Waals surface area contributed by atoms with Crippen molar-refractivity contribution in [2.24, 2.45) is 0 Å². The molecule has 8 nitrogen and oxygen atoms in total. The minimum Gasteiger partial charge on any atom is -0.475 e. The summed E-state index contributed by atoms with van der Waals surface area (Å²) in [6.07, 6.45) is 1.73. The molecule has 4 atom stereocenters.